The van der Waals surface area contributed by atoms with E-state index in [0.29, 0.717) is 40.3 Å². The van der Waals surface area contributed by atoms with Gasteiger partial charge in [0.25, 0.3) is 0 Å². The molecule has 3 N–H and O–H groups in total. The minimum atomic E-state index is -1.07. The molecule has 3 rings (SSSR count). The second-order valence-corrected chi connectivity index (χ2v) is 5.91. The summed E-state index contributed by atoms with van der Waals surface area (Å²) in [6.07, 6.45) is -0.242. The highest BCUT2D eigenvalue weighted by Gasteiger charge is 2.19. The van der Waals surface area contributed by atoms with Crippen molar-refractivity contribution in [2.75, 3.05) is 13.7 Å². The molecule has 0 radical (unpaired) electrons. The number of rotatable bonds is 7. The minimum Gasteiger partial charge on any atom is -0.493 e. The molecule has 140 valence electrons. The van der Waals surface area contributed by atoms with Gasteiger partial charge in [0.15, 0.2) is 11.5 Å². The Morgan fingerprint density at radius 3 is 2.48 bits per heavy atom. The first-order chi connectivity index (χ1) is 12.9. The van der Waals surface area contributed by atoms with Crippen LogP contribution in [0.1, 0.15) is 22.8 Å². The highest BCUT2D eigenvalue weighted by atomic mass is 16.5. The van der Waals surface area contributed by atoms with Gasteiger partial charge in [-0.3, -0.25) is 4.79 Å². The summed E-state index contributed by atoms with van der Waals surface area (Å²) in [5, 5.41) is 19.1. The maximum absolute atomic E-state index is 11.4. The number of methoxy groups -OCH3 is 1. The molecule has 0 aliphatic carbocycles. The van der Waals surface area contributed by atoms with Crippen molar-refractivity contribution < 1.29 is 29.3 Å². The number of carboxylic acids is 2. The molecule has 3 aromatic rings. The van der Waals surface area contributed by atoms with Gasteiger partial charge in [-0.2, -0.15) is 0 Å². The lowest BCUT2D eigenvalue weighted by Crippen LogP contribution is -2.02. The highest BCUT2D eigenvalue weighted by Crippen LogP contribution is 2.36. The van der Waals surface area contributed by atoms with Crippen LogP contribution in [-0.4, -0.2) is 40.9 Å². The van der Waals surface area contributed by atoms with Crippen molar-refractivity contribution in [2.24, 2.45) is 0 Å². The molecule has 0 aliphatic heterocycles. The van der Waals surface area contributed by atoms with Crippen LogP contribution in [0.25, 0.3) is 22.2 Å². The fourth-order valence-corrected chi connectivity index (χ4v) is 3.06. The Hall–Kier alpha value is -3.48. The number of carboxylic acid groups (broad SMARTS) is 2. The van der Waals surface area contributed by atoms with E-state index < -0.39 is 11.9 Å². The highest BCUT2D eigenvalue weighted by molar-refractivity contribution is 5.99. The fraction of sp³-hybridized carbons (Fsp3) is 0.200. The van der Waals surface area contributed by atoms with Gasteiger partial charge >= 0.3 is 11.9 Å². The molecule has 0 amide bonds. The van der Waals surface area contributed by atoms with Gasteiger partial charge in [0.2, 0.25) is 0 Å². The molecular formula is C20H19NO6. The summed E-state index contributed by atoms with van der Waals surface area (Å²) in [6, 6.07) is 9.93. The van der Waals surface area contributed by atoms with Gasteiger partial charge in [0.05, 0.1) is 31.4 Å². The van der Waals surface area contributed by atoms with Gasteiger partial charge in [-0.25, -0.2) is 4.79 Å². The lowest BCUT2D eigenvalue weighted by molar-refractivity contribution is -0.136. The average molecular weight is 369 g/mol. The summed E-state index contributed by atoms with van der Waals surface area (Å²) in [5.41, 5.74) is 2.62. The summed E-state index contributed by atoms with van der Waals surface area (Å²) in [6.45, 7) is 2.31. The van der Waals surface area contributed by atoms with E-state index in [1.165, 1.54) is 12.1 Å². The van der Waals surface area contributed by atoms with Gasteiger partial charge in [-0.05, 0) is 48.9 Å². The molecule has 7 heteroatoms. The number of ether oxygens (including phenoxy) is 2. The molecule has 0 saturated carbocycles. The molecule has 1 aromatic heterocycles. The first kappa shape index (κ1) is 18.3. The number of fused-ring (bicyclic) bond motifs is 1. The quantitative estimate of drug-likeness (QED) is 0.587. The van der Waals surface area contributed by atoms with Crippen molar-refractivity contribution >= 4 is 22.8 Å². The van der Waals surface area contributed by atoms with Crippen molar-refractivity contribution in [2.45, 2.75) is 13.3 Å². The Morgan fingerprint density at radius 2 is 1.85 bits per heavy atom. The zero-order valence-corrected chi connectivity index (χ0v) is 14.9. The van der Waals surface area contributed by atoms with Crippen molar-refractivity contribution in [1.29, 1.82) is 0 Å². The predicted octanol–water partition coefficient (Wildman–Crippen LogP) is 3.57. The van der Waals surface area contributed by atoms with E-state index in [2.05, 4.69) is 4.98 Å². The molecule has 0 bridgehead atoms. The van der Waals surface area contributed by atoms with Crippen LogP contribution in [0.2, 0.25) is 0 Å². The van der Waals surface area contributed by atoms with Gasteiger partial charge in [-0.15, -0.1) is 0 Å². The summed E-state index contributed by atoms with van der Waals surface area (Å²) in [5.74, 6) is -0.950. The third-order valence-corrected chi connectivity index (χ3v) is 4.23. The summed E-state index contributed by atoms with van der Waals surface area (Å²) in [4.78, 5) is 25.9. The summed E-state index contributed by atoms with van der Waals surface area (Å²) in [7, 11) is 1.55. The number of H-pyrrole nitrogens is 1. The molecule has 7 nitrogen and oxygen atoms in total. The van der Waals surface area contributed by atoms with Crippen LogP contribution in [0.5, 0.6) is 11.5 Å². The second-order valence-electron chi connectivity index (χ2n) is 5.91. The van der Waals surface area contributed by atoms with Crippen molar-refractivity contribution in [1.82, 2.24) is 4.98 Å². The third-order valence-electron chi connectivity index (χ3n) is 4.23. The number of hydrogen-bond acceptors (Lipinski definition) is 4. The number of aromatic carboxylic acids is 1. The standard InChI is InChI=1S/C20H19NO6/c1-3-27-17-9-11(5-7-16(17)26-2)19-14(10-18(22)23)13-8-12(20(24)25)4-6-15(13)21-19/h4-9,21H,3,10H2,1-2H3,(H,22,23)(H,24,25). The number of aromatic amines is 1. The maximum Gasteiger partial charge on any atom is 0.335 e. The normalized spacial score (nSPS) is 10.7. The van der Waals surface area contributed by atoms with Gasteiger partial charge < -0.3 is 24.7 Å². The van der Waals surface area contributed by atoms with Crippen LogP contribution in [0.3, 0.4) is 0 Å². The Morgan fingerprint density at radius 1 is 1.07 bits per heavy atom. The van der Waals surface area contributed by atoms with Crippen LogP contribution in [0.4, 0.5) is 0 Å². The van der Waals surface area contributed by atoms with Crippen LogP contribution >= 0.6 is 0 Å². The number of carbonyl (C=O) groups is 2. The van der Waals surface area contributed by atoms with E-state index in [4.69, 9.17) is 9.47 Å². The van der Waals surface area contributed by atoms with Crippen molar-refractivity contribution in [3.63, 3.8) is 0 Å². The van der Waals surface area contributed by atoms with E-state index in [0.717, 1.165) is 5.56 Å². The first-order valence-electron chi connectivity index (χ1n) is 8.35. The van der Waals surface area contributed by atoms with Gasteiger partial charge in [0, 0.05) is 16.5 Å². The lowest BCUT2D eigenvalue weighted by atomic mass is 10.0. The molecule has 2 aromatic carbocycles. The minimum absolute atomic E-state index is 0.101. The van der Waals surface area contributed by atoms with Crippen LogP contribution in [0.15, 0.2) is 36.4 Å². The lowest BCUT2D eigenvalue weighted by Gasteiger charge is -2.11. The smallest absolute Gasteiger partial charge is 0.335 e. The summed E-state index contributed by atoms with van der Waals surface area (Å²) < 4.78 is 10.9. The topological polar surface area (TPSA) is 109 Å². The molecule has 1 heterocycles. The molecule has 27 heavy (non-hydrogen) atoms. The largest absolute Gasteiger partial charge is 0.493 e. The molecule has 0 fully saturated rings. The SMILES string of the molecule is CCOc1cc(-c2[nH]c3ccc(C(=O)O)cc3c2CC(=O)O)ccc1OC. The van der Waals surface area contributed by atoms with E-state index in [1.807, 2.05) is 6.92 Å². The number of hydrogen-bond donors (Lipinski definition) is 3. The fourth-order valence-electron chi connectivity index (χ4n) is 3.06. The molecule has 0 spiro atoms. The number of benzene rings is 2. The Balaban J connectivity index is 2.22. The van der Waals surface area contributed by atoms with Gasteiger partial charge in [0.1, 0.15) is 0 Å². The van der Waals surface area contributed by atoms with Crippen LogP contribution < -0.4 is 9.47 Å². The number of aromatic nitrogens is 1. The molecule has 0 atom stereocenters. The zero-order chi connectivity index (χ0) is 19.6. The Labute approximate surface area is 155 Å². The van der Waals surface area contributed by atoms with E-state index in [1.54, 1.807) is 31.4 Å². The Kier molecular flexibility index (Phi) is 5.03. The molecule has 0 saturated heterocycles. The zero-order valence-electron chi connectivity index (χ0n) is 14.9. The average Bonchev–Trinajstić information content (AvgIpc) is 2.99. The molecule has 0 aliphatic rings. The predicted molar refractivity (Wildman–Crippen MR) is 99.8 cm³/mol. The Bertz CT molecular complexity index is 1020. The molecule has 0 unspecified atom stereocenters. The summed E-state index contributed by atoms with van der Waals surface area (Å²) >= 11 is 0. The number of aliphatic carboxylic acids is 1. The molecular weight excluding hydrogens is 350 g/mol. The second kappa shape index (κ2) is 7.41. The van der Waals surface area contributed by atoms with Crippen molar-refractivity contribution in [3.05, 3.63) is 47.5 Å². The first-order valence-corrected chi connectivity index (χ1v) is 8.35. The van der Waals surface area contributed by atoms with E-state index >= 15 is 0 Å². The van der Waals surface area contributed by atoms with Crippen molar-refractivity contribution in [3.8, 4) is 22.8 Å². The van der Waals surface area contributed by atoms with Crippen LogP contribution in [0, 0.1) is 0 Å². The third kappa shape index (κ3) is 3.57. The maximum atomic E-state index is 11.4. The monoisotopic (exact) mass is 369 g/mol. The van der Waals surface area contributed by atoms with Crippen LogP contribution in [-0.2, 0) is 11.2 Å². The number of nitrogens with one attached hydrogen (secondary N) is 1. The van der Waals surface area contributed by atoms with Gasteiger partial charge in [-0.1, -0.05) is 0 Å². The van der Waals surface area contributed by atoms with E-state index in [-0.39, 0.29) is 12.0 Å². The van der Waals surface area contributed by atoms with E-state index in [9.17, 15) is 19.8 Å².